The molecule has 1 fully saturated rings. The van der Waals surface area contributed by atoms with Gasteiger partial charge < -0.3 is 9.30 Å². The van der Waals surface area contributed by atoms with Crippen LogP contribution in [0, 0.1) is 10.1 Å². The van der Waals surface area contributed by atoms with E-state index in [1.165, 1.54) is 12.1 Å². The predicted octanol–water partition coefficient (Wildman–Crippen LogP) is 6.03. The van der Waals surface area contributed by atoms with Crippen molar-refractivity contribution in [2.45, 2.75) is 19.3 Å². The molecule has 2 aromatic carbocycles. The SMILES string of the molecule is O=C(C(=O)N1CCCCC1)c1c(-c2ccc([N+](=O)[O-])cc2)c(-c2ccc(Cl)cc2)c2ccccn12. The zero-order valence-electron chi connectivity index (χ0n) is 18.8. The fraction of sp³-hybridized carbons (Fsp3) is 0.185. The van der Waals surface area contributed by atoms with Gasteiger partial charge in [0, 0.05) is 47.6 Å². The van der Waals surface area contributed by atoms with Crippen LogP contribution in [0.1, 0.15) is 29.8 Å². The Morgan fingerprint density at radius 2 is 1.46 bits per heavy atom. The number of amides is 1. The first-order valence-corrected chi connectivity index (χ1v) is 11.8. The maximum atomic E-state index is 13.8. The van der Waals surface area contributed by atoms with Gasteiger partial charge in [-0.25, -0.2) is 0 Å². The van der Waals surface area contributed by atoms with Crippen molar-refractivity contribution in [3.8, 4) is 22.3 Å². The van der Waals surface area contributed by atoms with Crippen molar-refractivity contribution in [2.75, 3.05) is 13.1 Å². The minimum Gasteiger partial charge on any atom is -0.336 e. The molecule has 1 aliphatic rings. The Kier molecular flexibility index (Phi) is 6.09. The molecule has 3 heterocycles. The Labute approximate surface area is 206 Å². The summed E-state index contributed by atoms with van der Waals surface area (Å²) >= 11 is 6.13. The third kappa shape index (κ3) is 4.19. The molecule has 176 valence electrons. The molecule has 1 saturated heterocycles. The summed E-state index contributed by atoms with van der Waals surface area (Å²) in [4.78, 5) is 39.5. The Morgan fingerprint density at radius 3 is 2.11 bits per heavy atom. The molecule has 0 aliphatic carbocycles. The first-order valence-electron chi connectivity index (χ1n) is 11.4. The molecule has 35 heavy (non-hydrogen) atoms. The number of nitro benzene ring substituents is 1. The van der Waals surface area contributed by atoms with Gasteiger partial charge in [-0.15, -0.1) is 0 Å². The number of pyridine rings is 1. The number of hydrogen-bond acceptors (Lipinski definition) is 4. The molecule has 0 spiro atoms. The number of Topliss-reactive ketones (excluding diaryl/α,β-unsaturated/α-hetero) is 1. The molecule has 1 amide bonds. The van der Waals surface area contributed by atoms with Crippen molar-refractivity contribution in [3.05, 3.63) is 93.8 Å². The van der Waals surface area contributed by atoms with Gasteiger partial charge in [-0.3, -0.25) is 19.7 Å². The average molecular weight is 488 g/mol. The van der Waals surface area contributed by atoms with E-state index in [2.05, 4.69) is 0 Å². The van der Waals surface area contributed by atoms with Gasteiger partial charge >= 0.3 is 0 Å². The van der Waals surface area contributed by atoms with Gasteiger partial charge in [-0.1, -0.05) is 29.8 Å². The van der Waals surface area contributed by atoms with Gasteiger partial charge in [0.2, 0.25) is 0 Å². The summed E-state index contributed by atoms with van der Waals surface area (Å²) in [6, 6.07) is 18.9. The first-order chi connectivity index (χ1) is 17.0. The molecule has 8 heteroatoms. The number of fused-ring (bicyclic) bond motifs is 1. The van der Waals surface area contributed by atoms with E-state index in [0.29, 0.717) is 29.2 Å². The van der Waals surface area contributed by atoms with Gasteiger partial charge in [-0.05, 0) is 66.8 Å². The van der Waals surface area contributed by atoms with Crippen LogP contribution in [-0.4, -0.2) is 39.0 Å². The number of likely N-dealkylation sites (tertiary alicyclic amines) is 1. The molecule has 0 bridgehead atoms. The van der Waals surface area contributed by atoms with Crippen molar-refractivity contribution < 1.29 is 14.5 Å². The Hall–Kier alpha value is -3.97. The van der Waals surface area contributed by atoms with Crippen LogP contribution in [0.25, 0.3) is 27.8 Å². The van der Waals surface area contributed by atoms with E-state index in [4.69, 9.17) is 11.6 Å². The number of non-ortho nitro benzene ring substituents is 1. The summed E-state index contributed by atoms with van der Waals surface area (Å²) < 4.78 is 1.74. The van der Waals surface area contributed by atoms with E-state index < -0.39 is 16.6 Å². The van der Waals surface area contributed by atoms with E-state index >= 15 is 0 Å². The van der Waals surface area contributed by atoms with E-state index in [9.17, 15) is 19.7 Å². The highest BCUT2D eigenvalue weighted by Crippen LogP contribution is 2.41. The van der Waals surface area contributed by atoms with Gasteiger partial charge in [0.15, 0.2) is 0 Å². The van der Waals surface area contributed by atoms with Crippen LogP contribution < -0.4 is 0 Å². The summed E-state index contributed by atoms with van der Waals surface area (Å²) in [7, 11) is 0. The number of hydrogen-bond donors (Lipinski definition) is 0. The number of rotatable bonds is 5. The minimum atomic E-state index is -0.596. The number of halogens is 1. The molecular formula is C27H22ClN3O4. The number of nitro groups is 1. The third-order valence-corrected chi connectivity index (χ3v) is 6.65. The summed E-state index contributed by atoms with van der Waals surface area (Å²) in [5.41, 5.74) is 3.68. The van der Waals surface area contributed by atoms with Crippen LogP contribution in [0.15, 0.2) is 72.9 Å². The van der Waals surface area contributed by atoms with Gasteiger partial charge in [0.05, 0.1) is 10.4 Å². The highest BCUT2D eigenvalue weighted by atomic mass is 35.5. The molecule has 0 saturated carbocycles. The van der Waals surface area contributed by atoms with Gasteiger partial charge in [0.25, 0.3) is 17.4 Å². The number of carbonyl (C=O) groups excluding carboxylic acids is 2. The van der Waals surface area contributed by atoms with Crippen LogP contribution in [0.5, 0.6) is 0 Å². The second-order valence-corrected chi connectivity index (χ2v) is 8.98. The van der Waals surface area contributed by atoms with Gasteiger partial charge in [-0.2, -0.15) is 0 Å². The van der Waals surface area contributed by atoms with E-state index in [1.54, 1.807) is 45.8 Å². The quantitative estimate of drug-likeness (QED) is 0.149. The second-order valence-electron chi connectivity index (χ2n) is 8.55. The summed E-state index contributed by atoms with van der Waals surface area (Å²) in [6.45, 7) is 1.12. The maximum Gasteiger partial charge on any atom is 0.296 e. The number of carbonyl (C=O) groups is 2. The Balaban J connectivity index is 1.77. The summed E-state index contributed by atoms with van der Waals surface area (Å²) in [6.07, 6.45) is 4.56. The number of benzene rings is 2. The van der Waals surface area contributed by atoms with Crippen LogP contribution in [0.4, 0.5) is 5.69 Å². The number of ketones is 1. The van der Waals surface area contributed by atoms with Gasteiger partial charge in [0.1, 0.15) is 5.69 Å². The van der Waals surface area contributed by atoms with Crippen molar-refractivity contribution >= 4 is 34.5 Å². The normalized spacial score (nSPS) is 13.7. The van der Waals surface area contributed by atoms with Crippen LogP contribution in [0.3, 0.4) is 0 Å². The fourth-order valence-corrected chi connectivity index (χ4v) is 4.84. The molecule has 7 nitrogen and oxygen atoms in total. The van der Waals surface area contributed by atoms with E-state index in [-0.39, 0.29) is 11.4 Å². The minimum absolute atomic E-state index is 0.0529. The van der Waals surface area contributed by atoms with Crippen LogP contribution in [-0.2, 0) is 4.79 Å². The van der Waals surface area contributed by atoms with E-state index in [1.807, 2.05) is 24.3 Å². The smallest absolute Gasteiger partial charge is 0.296 e. The average Bonchev–Trinajstić information content (AvgIpc) is 3.24. The van der Waals surface area contributed by atoms with Crippen molar-refractivity contribution in [1.82, 2.24) is 9.30 Å². The highest BCUT2D eigenvalue weighted by molar-refractivity contribution is 6.44. The number of piperidine rings is 1. The standard InChI is InChI=1S/C27H22ClN3O4/c28-20-11-7-18(8-12-20)23-22-6-2-5-17-30(22)25(26(32)27(33)29-15-3-1-4-16-29)24(23)19-9-13-21(14-10-19)31(34)35/h2,5-14,17H,1,3-4,15-16H2. The summed E-state index contributed by atoms with van der Waals surface area (Å²) in [5.74, 6) is -1.12. The molecule has 1 aliphatic heterocycles. The van der Waals surface area contributed by atoms with Crippen LogP contribution >= 0.6 is 11.6 Å². The molecule has 0 N–H and O–H groups in total. The van der Waals surface area contributed by atoms with E-state index in [0.717, 1.165) is 35.9 Å². The largest absolute Gasteiger partial charge is 0.336 e. The topological polar surface area (TPSA) is 84.9 Å². The highest BCUT2D eigenvalue weighted by Gasteiger charge is 2.32. The zero-order valence-corrected chi connectivity index (χ0v) is 19.6. The number of nitrogens with zero attached hydrogens (tertiary/aromatic N) is 3. The van der Waals surface area contributed by atoms with Crippen LogP contribution in [0.2, 0.25) is 5.02 Å². The predicted molar refractivity (Wildman–Crippen MR) is 135 cm³/mol. The molecule has 2 aromatic heterocycles. The molecule has 5 rings (SSSR count). The lowest BCUT2D eigenvalue weighted by atomic mass is 9.94. The molecule has 0 radical (unpaired) electrons. The summed E-state index contributed by atoms with van der Waals surface area (Å²) in [5, 5.41) is 11.8. The fourth-order valence-electron chi connectivity index (χ4n) is 4.71. The maximum absolute atomic E-state index is 13.8. The first kappa shape index (κ1) is 22.8. The van der Waals surface area contributed by atoms with Crippen molar-refractivity contribution in [1.29, 1.82) is 0 Å². The molecule has 4 aromatic rings. The molecule has 0 atom stereocenters. The zero-order chi connectivity index (χ0) is 24.5. The monoisotopic (exact) mass is 487 g/mol. The second kappa shape index (κ2) is 9.35. The lowest BCUT2D eigenvalue weighted by Gasteiger charge is -2.26. The number of aromatic nitrogens is 1. The molecular weight excluding hydrogens is 466 g/mol. The Bertz CT molecular complexity index is 1440. The lowest BCUT2D eigenvalue weighted by molar-refractivity contribution is -0.384. The van der Waals surface area contributed by atoms with Crippen molar-refractivity contribution in [2.24, 2.45) is 0 Å². The lowest BCUT2D eigenvalue weighted by Crippen LogP contribution is -2.40. The molecule has 0 unspecified atom stereocenters. The third-order valence-electron chi connectivity index (χ3n) is 6.40. The Morgan fingerprint density at radius 1 is 0.829 bits per heavy atom. The van der Waals surface area contributed by atoms with Crippen molar-refractivity contribution in [3.63, 3.8) is 0 Å².